The lowest BCUT2D eigenvalue weighted by Crippen LogP contribution is -1.61. The molecule has 14 heavy (non-hydrogen) atoms. The lowest BCUT2D eigenvalue weighted by Gasteiger charge is -1.86. The van der Waals surface area contributed by atoms with Crippen LogP contribution in [0, 0.1) is 6.07 Å². The van der Waals surface area contributed by atoms with E-state index in [0.29, 0.717) is 10.0 Å². The first-order valence-electron chi connectivity index (χ1n) is 4.11. The van der Waals surface area contributed by atoms with Crippen LogP contribution in [0.1, 0.15) is 0 Å². The van der Waals surface area contributed by atoms with Crippen LogP contribution in [0.15, 0.2) is 54.6 Å². The Morgan fingerprint density at radius 2 is 1.36 bits per heavy atom. The van der Waals surface area contributed by atoms with E-state index >= 15 is 0 Å². The highest BCUT2D eigenvalue weighted by Crippen LogP contribution is 2.13. The van der Waals surface area contributed by atoms with E-state index in [2.05, 4.69) is 6.07 Å². The molecule has 0 unspecified atom stereocenters. The molecule has 0 aliphatic carbocycles. The van der Waals surface area contributed by atoms with Crippen molar-refractivity contribution in [2.45, 2.75) is 0 Å². The van der Waals surface area contributed by atoms with Gasteiger partial charge in [0.25, 0.3) is 0 Å². The number of rotatable bonds is 0. The summed E-state index contributed by atoms with van der Waals surface area (Å²) in [4.78, 5) is 0. The molecule has 0 spiro atoms. The molecule has 0 aromatic heterocycles. The molecular weight excluding hydrogens is 215 g/mol. The molecule has 0 aliphatic heterocycles. The summed E-state index contributed by atoms with van der Waals surface area (Å²) >= 11 is 11.1. The molecule has 0 nitrogen and oxygen atoms in total. The monoisotopic (exact) mass is 223 g/mol. The summed E-state index contributed by atoms with van der Waals surface area (Å²) in [5, 5.41) is 1.36. The molecular formula is C12H9Cl2. The van der Waals surface area contributed by atoms with Crippen LogP contribution in [-0.2, 0) is 0 Å². The summed E-state index contributed by atoms with van der Waals surface area (Å²) in [5.41, 5.74) is 0. The maximum absolute atomic E-state index is 5.56. The Hall–Kier alpha value is -0.980. The molecule has 2 aromatic carbocycles. The van der Waals surface area contributed by atoms with Gasteiger partial charge in [0.05, 0.1) is 0 Å². The highest BCUT2D eigenvalue weighted by Gasteiger charge is 1.84. The molecule has 2 aromatic rings. The van der Waals surface area contributed by atoms with Crippen molar-refractivity contribution in [3.63, 3.8) is 0 Å². The van der Waals surface area contributed by atoms with E-state index in [1.807, 2.05) is 36.4 Å². The van der Waals surface area contributed by atoms with Crippen molar-refractivity contribution < 1.29 is 0 Å². The minimum absolute atomic E-state index is 0.678. The number of hydrogen-bond donors (Lipinski definition) is 0. The Bertz CT molecular complexity index is 314. The molecule has 0 amide bonds. The molecule has 0 saturated carbocycles. The zero-order chi connectivity index (χ0) is 10.2. The van der Waals surface area contributed by atoms with E-state index in [9.17, 15) is 0 Å². The quantitative estimate of drug-likeness (QED) is 0.618. The minimum atomic E-state index is 0.678. The molecule has 0 heterocycles. The van der Waals surface area contributed by atoms with Crippen molar-refractivity contribution in [3.05, 3.63) is 70.7 Å². The number of halogens is 2. The summed E-state index contributed by atoms with van der Waals surface area (Å²) in [6.07, 6.45) is 0. The predicted molar refractivity (Wildman–Crippen MR) is 61.7 cm³/mol. The van der Waals surface area contributed by atoms with Crippen molar-refractivity contribution in [1.82, 2.24) is 0 Å². The lowest BCUT2D eigenvalue weighted by molar-refractivity contribution is 1.70. The van der Waals surface area contributed by atoms with Gasteiger partial charge in [-0.15, -0.1) is 0 Å². The van der Waals surface area contributed by atoms with Crippen molar-refractivity contribution in [2.24, 2.45) is 0 Å². The fourth-order valence-corrected chi connectivity index (χ4v) is 1.24. The third kappa shape index (κ3) is 4.90. The smallest absolute Gasteiger partial charge is 0.0420 e. The molecule has 0 aliphatic rings. The van der Waals surface area contributed by atoms with Gasteiger partial charge in [0.1, 0.15) is 0 Å². The molecule has 71 valence electrons. The van der Waals surface area contributed by atoms with E-state index in [0.717, 1.165) is 0 Å². The Labute approximate surface area is 94.1 Å². The highest BCUT2D eigenvalue weighted by atomic mass is 35.5. The Morgan fingerprint density at radius 3 is 1.57 bits per heavy atom. The van der Waals surface area contributed by atoms with Crippen LogP contribution in [0.5, 0.6) is 0 Å². The highest BCUT2D eigenvalue weighted by molar-refractivity contribution is 6.34. The first-order chi connectivity index (χ1) is 6.79. The van der Waals surface area contributed by atoms with Crippen LogP contribution in [0.2, 0.25) is 10.0 Å². The first kappa shape index (κ1) is 11.1. The normalized spacial score (nSPS) is 8.71. The van der Waals surface area contributed by atoms with Gasteiger partial charge in [-0.05, 0) is 24.3 Å². The van der Waals surface area contributed by atoms with Gasteiger partial charge in [-0.25, -0.2) is 0 Å². The summed E-state index contributed by atoms with van der Waals surface area (Å²) < 4.78 is 0. The summed E-state index contributed by atoms with van der Waals surface area (Å²) in [6, 6.07) is 19.6. The molecule has 0 N–H and O–H groups in total. The first-order valence-corrected chi connectivity index (χ1v) is 4.87. The molecule has 0 saturated heterocycles. The van der Waals surface area contributed by atoms with Gasteiger partial charge in [0.15, 0.2) is 0 Å². The van der Waals surface area contributed by atoms with Gasteiger partial charge in [-0.2, -0.15) is 0 Å². The minimum Gasteiger partial charge on any atom is -0.0843 e. The molecule has 2 rings (SSSR count). The fourth-order valence-electron chi connectivity index (χ4n) is 0.802. The van der Waals surface area contributed by atoms with Gasteiger partial charge in [0.2, 0.25) is 0 Å². The SMILES string of the molecule is Clc1cccc(Cl)c1.[c]1ccccc1. The zero-order valence-electron chi connectivity index (χ0n) is 7.45. The van der Waals surface area contributed by atoms with Crippen LogP contribution < -0.4 is 0 Å². The van der Waals surface area contributed by atoms with Crippen molar-refractivity contribution >= 4 is 23.2 Å². The van der Waals surface area contributed by atoms with E-state index in [4.69, 9.17) is 23.2 Å². The molecule has 1 radical (unpaired) electrons. The standard InChI is InChI=1S/C6H4Cl2.C6H5/c7-5-2-1-3-6(8)4-5;1-2-4-6-5-3-1/h1-4H;1-5H. The average molecular weight is 224 g/mol. The third-order valence-electron chi connectivity index (χ3n) is 1.39. The topological polar surface area (TPSA) is 0 Å². The van der Waals surface area contributed by atoms with Gasteiger partial charge >= 0.3 is 0 Å². The van der Waals surface area contributed by atoms with Crippen LogP contribution in [0.4, 0.5) is 0 Å². The summed E-state index contributed by atoms with van der Waals surface area (Å²) in [7, 11) is 0. The maximum Gasteiger partial charge on any atom is 0.0420 e. The van der Waals surface area contributed by atoms with Crippen molar-refractivity contribution in [3.8, 4) is 0 Å². The Kier molecular flexibility index (Phi) is 5.13. The fraction of sp³-hybridized carbons (Fsp3) is 0. The zero-order valence-corrected chi connectivity index (χ0v) is 8.96. The number of benzene rings is 2. The second-order valence-corrected chi connectivity index (χ2v) is 3.39. The van der Waals surface area contributed by atoms with E-state index < -0.39 is 0 Å². The van der Waals surface area contributed by atoms with E-state index in [1.54, 1.807) is 18.2 Å². The van der Waals surface area contributed by atoms with Gasteiger partial charge in [-0.1, -0.05) is 59.6 Å². The van der Waals surface area contributed by atoms with Gasteiger partial charge < -0.3 is 0 Å². The van der Waals surface area contributed by atoms with Crippen LogP contribution >= 0.6 is 23.2 Å². The lowest BCUT2D eigenvalue weighted by atomic mass is 10.4. The van der Waals surface area contributed by atoms with Crippen molar-refractivity contribution in [2.75, 3.05) is 0 Å². The van der Waals surface area contributed by atoms with Gasteiger partial charge in [-0.3, -0.25) is 0 Å². The molecule has 2 heteroatoms. The second-order valence-electron chi connectivity index (χ2n) is 2.52. The van der Waals surface area contributed by atoms with Crippen LogP contribution in [0.3, 0.4) is 0 Å². The Morgan fingerprint density at radius 1 is 0.786 bits per heavy atom. The second kappa shape index (κ2) is 6.47. The van der Waals surface area contributed by atoms with Gasteiger partial charge in [0, 0.05) is 10.0 Å². The summed E-state index contributed by atoms with van der Waals surface area (Å²) in [5.74, 6) is 0. The maximum atomic E-state index is 5.56. The van der Waals surface area contributed by atoms with Crippen LogP contribution in [0.25, 0.3) is 0 Å². The molecule has 0 fully saturated rings. The largest absolute Gasteiger partial charge is 0.0843 e. The van der Waals surface area contributed by atoms with E-state index in [1.165, 1.54) is 0 Å². The number of hydrogen-bond acceptors (Lipinski definition) is 0. The third-order valence-corrected chi connectivity index (χ3v) is 1.86. The van der Waals surface area contributed by atoms with E-state index in [-0.39, 0.29) is 0 Å². The predicted octanol–water partition coefficient (Wildman–Crippen LogP) is 4.48. The average Bonchev–Trinajstić information content (AvgIpc) is 2.21. The Balaban J connectivity index is 0.000000146. The van der Waals surface area contributed by atoms with Crippen molar-refractivity contribution in [1.29, 1.82) is 0 Å². The molecule has 0 bridgehead atoms. The molecule has 0 atom stereocenters. The van der Waals surface area contributed by atoms with Crippen LogP contribution in [-0.4, -0.2) is 0 Å². The summed E-state index contributed by atoms with van der Waals surface area (Å²) in [6.45, 7) is 0.